The SMILES string of the molecule is COc1ccc(CCNC(=O)CSc2nc(Cl)nc3nc[nH]c23)cc1OC. The van der Waals surface area contributed by atoms with Gasteiger partial charge in [-0.1, -0.05) is 17.8 Å². The van der Waals surface area contributed by atoms with Crippen molar-refractivity contribution in [3.8, 4) is 11.5 Å². The van der Waals surface area contributed by atoms with Crippen LogP contribution in [0.15, 0.2) is 29.6 Å². The Hall–Kier alpha value is -2.52. The van der Waals surface area contributed by atoms with E-state index in [0.717, 1.165) is 5.56 Å². The molecule has 0 saturated carbocycles. The maximum absolute atomic E-state index is 12.1. The van der Waals surface area contributed by atoms with Crippen molar-refractivity contribution in [3.63, 3.8) is 0 Å². The minimum atomic E-state index is -0.0946. The number of hydrogen-bond acceptors (Lipinski definition) is 7. The number of H-pyrrole nitrogens is 1. The fourth-order valence-electron chi connectivity index (χ4n) is 2.45. The summed E-state index contributed by atoms with van der Waals surface area (Å²) in [6, 6.07) is 5.69. The lowest BCUT2D eigenvalue weighted by Gasteiger charge is -2.10. The average molecular weight is 408 g/mol. The summed E-state index contributed by atoms with van der Waals surface area (Å²) >= 11 is 7.16. The monoisotopic (exact) mass is 407 g/mol. The fourth-order valence-corrected chi connectivity index (χ4v) is 3.48. The van der Waals surface area contributed by atoms with Gasteiger partial charge >= 0.3 is 0 Å². The quantitative estimate of drug-likeness (QED) is 0.336. The number of carbonyl (C=O) groups excluding carboxylic acids is 1. The van der Waals surface area contributed by atoms with E-state index in [1.807, 2.05) is 18.2 Å². The first-order chi connectivity index (χ1) is 13.1. The van der Waals surface area contributed by atoms with E-state index >= 15 is 0 Å². The summed E-state index contributed by atoms with van der Waals surface area (Å²) in [6.45, 7) is 0.513. The number of aromatic nitrogens is 4. The minimum Gasteiger partial charge on any atom is -0.493 e. The molecule has 3 aromatic rings. The lowest BCUT2D eigenvalue weighted by Crippen LogP contribution is -2.27. The van der Waals surface area contributed by atoms with Gasteiger partial charge in [-0.25, -0.2) is 9.97 Å². The number of ether oxygens (including phenoxy) is 2. The van der Waals surface area contributed by atoms with Crippen LogP contribution in [0.4, 0.5) is 0 Å². The Kier molecular flexibility index (Phi) is 6.36. The van der Waals surface area contributed by atoms with Crippen molar-refractivity contribution >= 4 is 40.4 Å². The number of methoxy groups -OCH3 is 2. The Balaban J connectivity index is 1.51. The highest BCUT2D eigenvalue weighted by Crippen LogP contribution is 2.27. The largest absolute Gasteiger partial charge is 0.493 e. The summed E-state index contributed by atoms with van der Waals surface area (Å²) < 4.78 is 10.5. The van der Waals surface area contributed by atoms with Gasteiger partial charge in [0.25, 0.3) is 0 Å². The number of nitrogens with one attached hydrogen (secondary N) is 2. The number of carbonyl (C=O) groups is 1. The molecule has 0 aliphatic carbocycles. The van der Waals surface area contributed by atoms with Crippen molar-refractivity contribution in [2.45, 2.75) is 11.4 Å². The van der Waals surface area contributed by atoms with E-state index < -0.39 is 0 Å². The second-order valence-electron chi connectivity index (χ2n) is 5.48. The third-order valence-corrected chi connectivity index (χ3v) is 4.89. The van der Waals surface area contributed by atoms with E-state index in [-0.39, 0.29) is 16.9 Å². The number of amides is 1. The number of imidazole rings is 1. The Morgan fingerprint density at radius 3 is 2.85 bits per heavy atom. The molecule has 2 N–H and O–H groups in total. The number of fused-ring (bicyclic) bond motifs is 1. The van der Waals surface area contributed by atoms with Crippen LogP contribution in [0.1, 0.15) is 5.56 Å². The molecular formula is C17H18ClN5O3S. The van der Waals surface area contributed by atoms with Crippen molar-refractivity contribution in [2.75, 3.05) is 26.5 Å². The summed E-state index contributed by atoms with van der Waals surface area (Å²) in [7, 11) is 3.19. The molecule has 2 heterocycles. The number of benzene rings is 1. The Morgan fingerprint density at radius 2 is 2.07 bits per heavy atom. The van der Waals surface area contributed by atoms with Gasteiger partial charge in [0.15, 0.2) is 17.1 Å². The number of thioether (sulfide) groups is 1. The van der Waals surface area contributed by atoms with Crippen molar-refractivity contribution in [1.82, 2.24) is 25.3 Å². The van der Waals surface area contributed by atoms with E-state index in [2.05, 4.69) is 25.3 Å². The van der Waals surface area contributed by atoms with Gasteiger partial charge in [-0.15, -0.1) is 0 Å². The summed E-state index contributed by atoms with van der Waals surface area (Å²) in [6.07, 6.45) is 2.20. The van der Waals surface area contributed by atoms with Gasteiger partial charge in [0.1, 0.15) is 10.5 Å². The highest BCUT2D eigenvalue weighted by atomic mass is 35.5. The van der Waals surface area contributed by atoms with Gasteiger partial charge in [-0.3, -0.25) is 4.79 Å². The molecular weight excluding hydrogens is 390 g/mol. The highest BCUT2D eigenvalue weighted by Gasteiger charge is 2.12. The Bertz CT molecular complexity index is 949. The first-order valence-corrected chi connectivity index (χ1v) is 9.44. The van der Waals surface area contributed by atoms with Gasteiger partial charge in [0.2, 0.25) is 11.2 Å². The zero-order chi connectivity index (χ0) is 19.2. The molecule has 142 valence electrons. The maximum atomic E-state index is 12.1. The van der Waals surface area contributed by atoms with Crippen molar-refractivity contribution in [2.24, 2.45) is 0 Å². The molecule has 0 radical (unpaired) electrons. The van der Waals surface area contributed by atoms with Gasteiger partial charge in [-0.2, -0.15) is 4.98 Å². The van der Waals surface area contributed by atoms with Crippen LogP contribution in [0.2, 0.25) is 5.28 Å². The van der Waals surface area contributed by atoms with Gasteiger partial charge in [-0.05, 0) is 35.7 Å². The third kappa shape index (κ3) is 4.81. The zero-order valence-electron chi connectivity index (χ0n) is 14.8. The highest BCUT2D eigenvalue weighted by molar-refractivity contribution is 8.00. The van der Waals surface area contributed by atoms with Crippen LogP contribution < -0.4 is 14.8 Å². The van der Waals surface area contributed by atoms with Crippen molar-refractivity contribution in [3.05, 3.63) is 35.4 Å². The molecule has 0 aliphatic rings. The Labute approximate surface area is 165 Å². The average Bonchev–Trinajstić information content (AvgIpc) is 3.14. The van der Waals surface area contributed by atoms with Crippen molar-refractivity contribution < 1.29 is 14.3 Å². The van der Waals surface area contributed by atoms with E-state index in [9.17, 15) is 4.79 Å². The molecule has 2 aromatic heterocycles. The van der Waals surface area contributed by atoms with E-state index in [4.69, 9.17) is 21.1 Å². The molecule has 0 unspecified atom stereocenters. The molecule has 10 heteroatoms. The van der Waals surface area contributed by atoms with Crippen LogP contribution in [-0.4, -0.2) is 52.4 Å². The van der Waals surface area contributed by atoms with Crippen LogP contribution in [0, 0.1) is 0 Å². The predicted molar refractivity (Wildman–Crippen MR) is 104 cm³/mol. The predicted octanol–water partition coefficient (Wildman–Crippen LogP) is 2.47. The fraction of sp³-hybridized carbons (Fsp3) is 0.294. The molecule has 0 spiro atoms. The molecule has 0 saturated heterocycles. The normalized spacial score (nSPS) is 10.8. The van der Waals surface area contributed by atoms with E-state index in [1.165, 1.54) is 18.1 Å². The molecule has 8 nitrogen and oxygen atoms in total. The van der Waals surface area contributed by atoms with E-state index in [0.29, 0.717) is 40.7 Å². The first-order valence-electron chi connectivity index (χ1n) is 8.07. The number of hydrogen-bond donors (Lipinski definition) is 2. The molecule has 0 atom stereocenters. The van der Waals surface area contributed by atoms with Crippen LogP contribution in [0.5, 0.6) is 11.5 Å². The molecule has 0 aliphatic heterocycles. The first kappa shape index (κ1) is 19.2. The summed E-state index contributed by atoms with van der Waals surface area (Å²) in [5.41, 5.74) is 2.19. The molecule has 3 rings (SSSR count). The summed E-state index contributed by atoms with van der Waals surface area (Å²) in [5, 5.41) is 3.59. The topological polar surface area (TPSA) is 102 Å². The lowest BCUT2D eigenvalue weighted by atomic mass is 10.1. The summed E-state index contributed by atoms with van der Waals surface area (Å²) in [5.74, 6) is 1.47. The van der Waals surface area contributed by atoms with Crippen molar-refractivity contribution in [1.29, 1.82) is 0 Å². The second-order valence-corrected chi connectivity index (χ2v) is 6.78. The number of halogens is 1. The second kappa shape index (κ2) is 8.92. The smallest absolute Gasteiger partial charge is 0.230 e. The van der Waals surface area contributed by atoms with E-state index in [1.54, 1.807) is 14.2 Å². The lowest BCUT2D eigenvalue weighted by molar-refractivity contribution is -0.118. The molecule has 0 bridgehead atoms. The minimum absolute atomic E-state index is 0.0946. The third-order valence-electron chi connectivity index (χ3n) is 3.75. The molecule has 1 aromatic carbocycles. The van der Waals surface area contributed by atoms with Crippen LogP contribution in [-0.2, 0) is 11.2 Å². The van der Waals surface area contributed by atoms with Gasteiger partial charge in [0, 0.05) is 6.54 Å². The van der Waals surface area contributed by atoms with Crippen LogP contribution in [0.25, 0.3) is 11.2 Å². The maximum Gasteiger partial charge on any atom is 0.230 e. The summed E-state index contributed by atoms with van der Waals surface area (Å²) in [4.78, 5) is 27.3. The number of rotatable bonds is 8. The van der Waals surface area contributed by atoms with Gasteiger partial charge in [0.05, 0.1) is 26.3 Å². The standard InChI is InChI=1S/C17H18ClN5O3S/c1-25-11-4-3-10(7-12(11)26-2)5-6-19-13(24)8-27-16-14-15(21-9-20-14)22-17(18)23-16/h3-4,7,9H,5-6,8H2,1-2H3,(H,19,24)(H,20,21,22,23). The molecule has 0 fully saturated rings. The number of aromatic amines is 1. The number of nitrogens with zero attached hydrogens (tertiary/aromatic N) is 3. The molecule has 27 heavy (non-hydrogen) atoms. The zero-order valence-corrected chi connectivity index (χ0v) is 16.4. The van der Waals surface area contributed by atoms with Gasteiger partial charge < -0.3 is 19.8 Å². The Morgan fingerprint density at radius 1 is 1.26 bits per heavy atom. The van der Waals surface area contributed by atoms with Crippen LogP contribution in [0.3, 0.4) is 0 Å². The van der Waals surface area contributed by atoms with Crippen LogP contribution >= 0.6 is 23.4 Å². The molecule has 1 amide bonds.